The zero-order valence-electron chi connectivity index (χ0n) is 18.5. The molecule has 6 nitrogen and oxygen atoms in total. The van der Waals surface area contributed by atoms with Gasteiger partial charge in [0, 0.05) is 17.0 Å². The van der Waals surface area contributed by atoms with E-state index in [4.69, 9.17) is 10.3 Å². The summed E-state index contributed by atoms with van der Waals surface area (Å²) in [6.07, 6.45) is 5.71. The van der Waals surface area contributed by atoms with Crippen molar-refractivity contribution in [3.05, 3.63) is 86.9 Å². The van der Waals surface area contributed by atoms with Crippen LogP contribution in [0.1, 0.15) is 55.0 Å². The molecule has 0 saturated carbocycles. The second-order valence-corrected chi connectivity index (χ2v) is 7.92. The molecule has 0 heterocycles. The zero-order chi connectivity index (χ0) is 22.2. The van der Waals surface area contributed by atoms with Crippen molar-refractivity contribution >= 4 is 12.0 Å². The summed E-state index contributed by atoms with van der Waals surface area (Å²) in [6, 6.07) is 17.5. The lowest BCUT2D eigenvalue weighted by molar-refractivity contribution is -0.136. The van der Waals surface area contributed by atoms with Crippen molar-refractivity contribution in [2.24, 2.45) is 5.11 Å². The SMILES string of the molecule is CCCN(C1CCc2cccc(C=C(N=[N+]=[N-])C(=O)OC)c2C1)[C@@H](C)c1ccccc1. The molecule has 0 amide bonds. The van der Waals surface area contributed by atoms with Crippen molar-refractivity contribution in [2.45, 2.75) is 51.6 Å². The fourth-order valence-electron chi connectivity index (χ4n) is 4.52. The molecule has 1 aliphatic rings. The molecule has 0 saturated heterocycles. The maximum absolute atomic E-state index is 12.0. The number of esters is 1. The zero-order valence-corrected chi connectivity index (χ0v) is 18.5. The van der Waals surface area contributed by atoms with Crippen molar-refractivity contribution < 1.29 is 9.53 Å². The van der Waals surface area contributed by atoms with Crippen LogP contribution in [0.25, 0.3) is 16.5 Å². The molecule has 162 valence electrons. The first-order valence-corrected chi connectivity index (χ1v) is 10.9. The molecule has 31 heavy (non-hydrogen) atoms. The summed E-state index contributed by atoms with van der Waals surface area (Å²) in [5, 5.41) is 3.55. The van der Waals surface area contributed by atoms with E-state index in [0.29, 0.717) is 12.1 Å². The number of azide groups is 1. The van der Waals surface area contributed by atoms with Crippen molar-refractivity contribution in [2.75, 3.05) is 13.7 Å². The molecule has 0 fully saturated rings. The second-order valence-electron chi connectivity index (χ2n) is 7.92. The van der Waals surface area contributed by atoms with Crippen LogP contribution in [-0.2, 0) is 22.4 Å². The van der Waals surface area contributed by atoms with Gasteiger partial charge in [-0.25, -0.2) is 4.79 Å². The third-order valence-corrected chi connectivity index (χ3v) is 6.07. The van der Waals surface area contributed by atoms with Gasteiger partial charge in [-0.15, -0.1) is 0 Å². The van der Waals surface area contributed by atoms with E-state index in [2.05, 4.69) is 65.2 Å². The van der Waals surface area contributed by atoms with Gasteiger partial charge in [0.15, 0.2) is 0 Å². The van der Waals surface area contributed by atoms with E-state index < -0.39 is 5.97 Å². The van der Waals surface area contributed by atoms with Gasteiger partial charge in [-0.3, -0.25) is 4.90 Å². The lowest BCUT2D eigenvalue weighted by Crippen LogP contribution is -2.41. The molecule has 3 rings (SSSR count). The minimum atomic E-state index is -0.631. The van der Waals surface area contributed by atoms with Crippen LogP contribution >= 0.6 is 0 Å². The van der Waals surface area contributed by atoms with Gasteiger partial charge in [-0.2, -0.15) is 0 Å². The fraction of sp³-hybridized carbons (Fsp3) is 0.400. The molecule has 0 N–H and O–H groups in total. The fourth-order valence-corrected chi connectivity index (χ4v) is 4.52. The van der Waals surface area contributed by atoms with Crippen LogP contribution in [0.5, 0.6) is 0 Å². The summed E-state index contributed by atoms with van der Waals surface area (Å²) < 4.78 is 4.77. The highest BCUT2D eigenvalue weighted by atomic mass is 16.5. The predicted octanol–water partition coefficient (Wildman–Crippen LogP) is 5.84. The third-order valence-electron chi connectivity index (χ3n) is 6.07. The predicted molar refractivity (Wildman–Crippen MR) is 123 cm³/mol. The number of carbonyl (C=O) groups is 1. The Morgan fingerprint density at radius 2 is 2.06 bits per heavy atom. The van der Waals surface area contributed by atoms with Crippen molar-refractivity contribution in [1.82, 2.24) is 4.90 Å². The Morgan fingerprint density at radius 3 is 2.74 bits per heavy atom. The van der Waals surface area contributed by atoms with Gasteiger partial charge < -0.3 is 4.74 Å². The molecule has 0 aliphatic heterocycles. The second kappa shape index (κ2) is 10.8. The molecule has 1 aliphatic carbocycles. The normalized spacial score (nSPS) is 16.9. The lowest BCUT2D eigenvalue weighted by atomic mass is 9.83. The Balaban J connectivity index is 1.94. The number of methoxy groups -OCH3 is 1. The summed E-state index contributed by atoms with van der Waals surface area (Å²) in [4.78, 5) is 17.4. The van der Waals surface area contributed by atoms with E-state index in [0.717, 1.165) is 37.8 Å². The number of benzene rings is 2. The number of ether oxygens (including phenoxy) is 1. The minimum absolute atomic E-state index is 0.0245. The Kier molecular flexibility index (Phi) is 7.88. The van der Waals surface area contributed by atoms with E-state index in [1.807, 2.05) is 12.1 Å². The number of nitrogens with zero attached hydrogens (tertiary/aromatic N) is 4. The summed E-state index contributed by atoms with van der Waals surface area (Å²) in [5.74, 6) is -0.631. The Bertz CT molecular complexity index is 980. The molecule has 1 unspecified atom stereocenters. The Labute approximate surface area is 184 Å². The summed E-state index contributed by atoms with van der Waals surface area (Å²) in [6.45, 7) is 5.53. The van der Waals surface area contributed by atoms with Crippen molar-refractivity contribution in [1.29, 1.82) is 0 Å². The van der Waals surface area contributed by atoms with E-state index in [9.17, 15) is 4.79 Å². The molecule has 2 aromatic carbocycles. The average Bonchev–Trinajstić information content (AvgIpc) is 2.81. The van der Waals surface area contributed by atoms with E-state index in [-0.39, 0.29) is 5.70 Å². The highest BCUT2D eigenvalue weighted by Gasteiger charge is 2.28. The highest BCUT2D eigenvalue weighted by Crippen LogP contribution is 2.33. The van der Waals surface area contributed by atoms with E-state index in [1.165, 1.54) is 23.8 Å². The van der Waals surface area contributed by atoms with Crippen LogP contribution in [0.4, 0.5) is 0 Å². The Morgan fingerprint density at radius 1 is 1.29 bits per heavy atom. The molecule has 0 spiro atoms. The van der Waals surface area contributed by atoms with Crippen LogP contribution in [0, 0.1) is 0 Å². The first kappa shape index (κ1) is 22.6. The number of aryl methyl sites for hydroxylation is 1. The number of carbonyl (C=O) groups excluding carboxylic acids is 1. The molecule has 0 bridgehead atoms. The van der Waals surface area contributed by atoms with Gasteiger partial charge in [0.05, 0.1) is 7.11 Å². The van der Waals surface area contributed by atoms with E-state index >= 15 is 0 Å². The van der Waals surface area contributed by atoms with Gasteiger partial charge >= 0.3 is 5.97 Å². The molecular weight excluding hydrogens is 388 g/mol. The first-order chi connectivity index (χ1) is 15.1. The third kappa shape index (κ3) is 5.35. The largest absolute Gasteiger partial charge is 0.466 e. The van der Waals surface area contributed by atoms with Gasteiger partial charge in [-0.1, -0.05) is 60.6 Å². The van der Waals surface area contributed by atoms with Crippen LogP contribution in [-0.4, -0.2) is 30.6 Å². The topological polar surface area (TPSA) is 78.3 Å². The standard InChI is InChI=1S/C25H30N4O2/c1-4-15-29(18(2)19-9-6-5-7-10-19)22-14-13-20-11-8-12-21(23(20)17-22)16-24(27-28-26)25(30)31-3/h5-12,16,18,22H,4,13-15,17H2,1-3H3/t18-,22?/m0/s1. The first-order valence-electron chi connectivity index (χ1n) is 10.9. The average molecular weight is 419 g/mol. The number of hydrogen-bond acceptors (Lipinski definition) is 4. The number of hydrogen-bond donors (Lipinski definition) is 0. The van der Waals surface area contributed by atoms with Gasteiger partial charge in [0.1, 0.15) is 5.70 Å². The van der Waals surface area contributed by atoms with Crippen LogP contribution in [0.2, 0.25) is 0 Å². The summed E-state index contributed by atoms with van der Waals surface area (Å²) in [5.41, 5.74) is 13.6. The maximum Gasteiger partial charge on any atom is 0.340 e. The molecule has 6 heteroatoms. The van der Waals surface area contributed by atoms with Crippen molar-refractivity contribution in [3.8, 4) is 0 Å². The minimum Gasteiger partial charge on any atom is -0.466 e. The number of fused-ring (bicyclic) bond motifs is 1. The monoisotopic (exact) mass is 418 g/mol. The molecule has 2 aromatic rings. The molecule has 0 radical (unpaired) electrons. The molecule has 2 atom stereocenters. The van der Waals surface area contributed by atoms with Crippen LogP contribution in [0.3, 0.4) is 0 Å². The Hall–Kier alpha value is -3.08. The smallest absolute Gasteiger partial charge is 0.340 e. The van der Waals surface area contributed by atoms with Crippen LogP contribution < -0.4 is 0 Å². The quantitative estimate of drug-likeness (QED) is 0.178. The van der Waals surface area contributed by atoms with Crippen molar-refractivity contribution in [3.63, 3.8) is 0 Å². The lowest BCUT2D eigenvalue weighted by Gasteiger charge is -2.39. The summed E-state index contributed by atoms with van der Waals surface area (Å²) >= 11 is 0. The van der Waals surface area contributed by atoms with E-state index in [1.54, 1.807) is 6.08 Å². The van der Waals surface area contributed by atoms with Crippen LogP contribution in [0.15, 0.2) is 59.3 Å². The number of rotatable bonds is 8. The van der Waals surface area contributed by atoms with Gasteiger partial charge in [0.25, 0.3) is 0 Å². The summed E-state index contributed by atoms with van der Waals surface area (Å²) in [7, 11) is 1.28. The maximum atomic E-state index is 12.0. The van der Waals surface area contributed by atoms with Gasteiger partial charge in [0.2, 0.25) is 0 Å². The molecule has 0 aromatic heterocycles. The highest BCUT2D eigenvalue weighted by molar-refractivity contribution is 5.93. The van der Waals surface area contributed by atoms with Gasteiger partial charge in [-0.05, 0) is 73.0 Å². The molecular formula is C25H30N4O2.